The standard InChI is InChI=1S/C25H29FN4O4/c1-17-4-5-19(13-21(17)26)27-25(31)22-16-34-24(28-22)15-30-10-8-29(9-11-30)14-18-12-20(32-2)6-7-23(18)33-3/h4-7,12-13,16H,8-11,14-15H2,1-3H3,(H,27,31). The number of hydrogen-bond donors (Lipinski definition) is 1. The number of amides is 1. The van der Waals surface area contributed by atoms with E-state index in [1.165, 1.54) is 12.3 Å². The predicted octanol–water partition coefficient (Wildman–Crippen LogP) is 3.71. The summed E-state index contributed by atoms with van der Waals surface area (Å²) in [6, 6.07) is 10.4. The summed E-state index contributed by atoms with van der Waals surface area (Å²) in [4.78, 5) is 21.3. The molecular formula is C25H29FN4O4. The number of piperazine rings is 1. The van der Waals surface area contributed by atoms with Gasteiger partial charge in [-0.3, -0.25) is 14.6 Å². The topological polar surface area (TPSA) is 80.1 Å². The zero-order valence-corrected chi connectivity index (χ0v) is 19.6. The minimum absolute atomic E-state index is 0.166. The lowest BCUT2D eigenvalue weighted by atomic mass is 10.1. The lowest BCUT2D eigenvalue weighted by molar-refractivity contribution is 0.102. The zero-order valence-electron chi connectivity index (χ0n) is 19.6. The van der Waals surface area contributed by atoms with Crippen LogP contribution in [-0.4, -0.2) is 61.1 Å². The average Bonchev–Trinajstić information content (AvgIpc) is 3.31. The molecule has 0 atom stereocenters. The molecule has 1 aliphatic heterocycles. The number of halogens is 1. The third kappa shape index (κ3) is 5.73. The maximum absolute atomic E-state index is 13.7. The maximum atomic E-state index is 13.7. The van der Waals surface area contributed by atoms with Gasteiger partial charge in [0, 0.05) is 44.0 Å². The van der Waals surface area contributed by atoms with Gasteiger partial charge in [-0.15, -0.1) is 0 Å². The second kappa shape index (κ2) is 10.7. The van der Waals surface area contributed by atoms with Crippen LogP contribution in [0.2, 0.25) is 0 Å². The Morgan fingerprint density at radius 2 is 1.79 bits per heavy atom. The van der Waals surface area contributed by atoms with Crippen LogP contribution in [0, 0.1) is 12.7 Å². The van der Waals surface area contributed by atoms with Gasteiger partial charge in [0.2, 0.25) is 5.89 Å². The molecule has 3 aromatic rings. The van der Waals surface area contributed by atoms with E-state index in [-0.39, 0.29) is 11.5 Å². The van der Waals surface area contributed by atoms with E-state index in [1.54, 1.807) is 33.3 Å². The van der Waals surface area contributed by atoms with Gasteiger partial charge in [-0.25, -0.2) is 9.37 Å². The summed E-state index contributed by atoms with van der Waals surface area (Å²) in [6.07, 6.45) is 1.33. The third-order valence-corrected chi connectivity index (χ3v) is 5.92. The van der Waals surface area contributed by atoms with E-state index in [0.29, 0.717) is 23.7 Å². The first-order valence-corrected chi connectivity index (χ1v) is 11.1. The van der Waals surface area contributed by atoms with E-state index in [4.69, 9.17) is 13.9 Å². The number of anilines is 1. The molecule has 2 heterocycles. The van der Waals surface area contributed by atoms with Crippen LogP contribution in [0.1, 0.15) is 27.5 Å². The van der Waals surface area contributed by atoms with Crippen LogP contribution in [0.5, 0.6) is 11.5 Å². The van der Waals surface area contributed by atoms with Crippen LogP contribution in [0.25, 0.3) is 0 Å². The highest BCUT2D eigenvalue weighted by Gasteiger charge is 2.21. The second-order valence-electron chi connectivity index (χ2n) is 8.27. The number of carbonyl (C=O) groups is 1. The van der Waals surface area contributed by atoms with Crippen molar-refractivity contribution in [2.75, 3.05) is 45.7 Å². The molecule has 0 unspecified atom stereocenters. The monoisotopic (exact) mass is 468 g/mol. The molecule has 0 bridgehead atoms. The van der Waals surface area contributed by atoms with Crippen molar-refractivity contribution in [3.63, 3.8) is 0 Å². The molecule has 1 aromatic heterocycles. The van der Waals surface area contributed by atoms with E-state index >= 15 is 0 Å². The van der Waals surface area contributed by atoms with Crippen molar-refractivity contribution in [2.45, 2.75) is 20.0 Å². The van der Waals surface area contributed by atoms with E-state index in [1.807, 2.05) is 18.2 Å². The molecule has 0 spiro atoms. The van der Waals surface area contributed by atoms with Crippen LogP contribution < -0.4 is 14.8 Å². The van der Waals surface area contributed by atoms with Crippen LogP contribution in [0.4, 0.5) is 10.1 Å². The zero-order chi connectivity index (χ0) is 24.1. The van der Waals surface area contributed by atoms with Crippen LogP contribution in [0.3, 0.4) is 0 Å². The van der Waals surface area contributed by atoms with Crippen molar-refractivity contribution >= 4 is 11.6 Å². The van der Waals surface area contributed by atoms with Crippen LogP contribution >= 0.6 is 0 Å². The van der Waals surface area contributed by atoms with Gasteiger partial charge in [0.05, 0.1) is 20.8 Å². The van der Waals surface area contributed by atoms with E-state index in [2.05, 4.69) is 20.1 Å². The third-order valence-electron chi connectivity index (χ3n) is 5.92. The Morgan fingerprint density at radius 3 is 2.47 bits per heavy atom. The molecule has 1 N–H and O–H groups in total. The Bertz CT molecular complexity index is 1140. The van der Waals surface area contributed by atoms with Crippen molar-refractivity contribution < 1.29 is 23.1 Å². The van der Waals surface area contributed by atoms with Crippen LogP contribution in [-0.2, 0) is 13.1 Å². The Hall–Kier alpha value is -3.43. The van der Waals surface area contributed by atoms with Gasteiger partial charge in [0.25, 0.3) is 5.91 Å². The molecule has 1 aliphatic rings. The summed E-state index contributed by atoms with van der Waals surface area (Å²) in [5.41, 5.74) is 2.15. The first-order chi connectivity index (χ1) is 16.4. The summed E-state index contributed by atoms with van der Waals surface area (Å²) >= 11 is 0. The Morgan fingerprint density at radius 1 is 1.06 bits per heavy atom. The normalized spacial score (nSPS) is 14.7. The highest BCUT2D eigenvalue weighted by molar-refractivity contribution is 6.02. The van der Waals surface area contributed by atoms with Crippen molar-refractivity contribution in [3.05, 3.63) is 71.2 Å². The minimum Gasteiger partial charge on any atom is -0.497 e. The van der Waals surface area contributed by atoms with Gasteiger partial charge >= 0.3 is 0 Å². The number of benzene rings is 2. The number of nitrogens with zero attached hydrogens (tertiary/aromatic N) is 3. The molecule has 0 saturated carbocycles. The Balaban J connectivity index is 1.29. The van der Waals surface area contributed by atoms with Gasteiger partial charge in [-0.05, 0) is 42.8 Å². The largest absolute Gasteiger partial charge is 0.497 e. The molecule has 1 saturated heterocycles. The van der Waals surface area contributed by atoms with E-state index < -0.39 is 5.91 Å². The van der Waals surface area contributed by atoms with Gasteiger partial charge in [0.1, 0.15) is 23.6 Å². The molecule has 0 radical (unpaired) electrons. The first kappa shape index (κ1) is 23.7. The number of hydrogen-bond acceptors (Lipinski definition) is 7. The molecule has 4 rings (SSSR count). The number of ether oxygens (including phenoxy) is 2. The molecule has 8 nitrogen and oxygen atoms in total. The Labute approximate surface area is 198 Å². The van der Waals surface area contributed by atoms with E-state index in [0.717, 1.165) is 49.8 Å². The molecule has 34 heavy (non-hydrogen) atoms. The molecule has 0 aliphatic carbocycles. The number of aromatic nitrogens is 1. The maximum Gasteiger partial charge on any atom is 0.277 e. The molecular weight excluding hydrogens is 439 g/mol. The summed E-state index contributed by atoms with van der Waals surface area (Å²) < 4.78 is 30.1. The quantitative estimate of drug-likeness (QED) is 0.540. The highest BCUT2D eigenvalue weighted by atomic mass is 19.1. The highest BCUT2D eigenvalue weighted by Crippen LogP contribution is 2.26. The van der Waals surface area contributed by atoms with Crippen molar-refractivity contribution in [1.29, 1.82) is 0 Å². The number of rotatable bonds is 8. The summed E-state index contributed by atoms with van der Waals surface area (Å²) in [5, 5.41) is 2.65. The molecule has 1 amide bonds. The SMILES string of the molecule is COc1ccc(OC)c(CN2CCN(Cc3nc(C(=O)Nc4ccc(C)c(F)c4)co3)CC2)c1. The van der Waals surface area contributed by atoms with Crippen molar-refractivity contribution in [1.82, 2.24) is 14.8 Å². The van der Waals surface area contributed by atoms with Gasteiger partial charge in [0.15, 0.2) is 5.69 Å². The van der Waals surface area contributed by atoms with Gasteiger partial charge < -0.3 is 19.2 Å². The fourth-order valence-corrected chi connectivity index (χ4v) is 3.90. The molecule has 2 aromatic carbocycles. The second-order valence-corrected chi connectivity index (χ2v) is 8.27. The van der Waals surface area contributed by atoms with Crippen molar-refractivity contribution in [3.8, 4) is 11.5 Å². The summed E-state index contributed by atoms with van der Waals surface area (Å²) in [7, 11) is 3.33. The minimum atomic E-state index is -0.435. The molecule has 180 valence electrons. The predicted molar refractivity (Wildman–Crippen MR) is 126 cm³/mol. The lowest BCUT2D eigenvalue weighted by Gasteiger charge is -2.34. The summed E-state index contributed by atoms with van der Waals surface area (Å²) in [5.74, 6) is 1.33. The van der Waals surface area contributed by atoms with Crippen molar-refractivity contribution in [2.24, 2.45) is 0 Å². The fourth-order valence-electron chi connectivity index (χ4n) is 3.90. The number of methoxy groups -OCH3 is 2. The van der Waals surface area contributed by atoms with Crippen LogP contribution in [0.15, 0.2) is 47.1 Å². The number of aryl methyl sites for hydroxylation is 1. The van der Waals surface area contributed by atoms with E-state index in [9.17, 15) is 9.18 Å². The number of nitrogens with one attached hydrogen (secondary N) is 1. The Kier molecular flexibility index (Phi) is 7.44. The fraction of sp³-hybridized carbons (Fsp3) is 0.360. The van der Waals surface area contributed by atoms with Gasteiger partial charge in [-0.1, -0.05) is 6.07 Å². The number of oxazole rings is 1. The number of carbonyl (C=O) groups excluding carboxylic acids is 1. The summed E-state index contributed by atoms with van der Waals surface area (Å²) in [6.45, 7) is 6.42. The lowest BCUT2D eigenvalue weighted by Crippen LogP contribution is -2.45. The first-order valence-electron chi connectivity index (χ1n) is 11.1. The van der Waals surface area contributed by atoms with Gasteiger partial charge in [-0.2, -0.15) is 0 Å². The average molecular weight is 469 g/mol. The molecule has 9 heteroatoms. The molecule has 1 fully saturated rings. The smallest absolute Gasteiger partial charge is 0.277 e.